The molecule has 0 aliphatic carbocycles. The van der Waals surface area contributed by atoms with Crippen LogP contribution in [0.25, 0.3) is 0 Å². The second-order valence-electron chi connectivity index (χ2n) is 7.80. The van der Waals surface area contributed by atoms with Crippen molar-refractivity contribution in [2.75, 3.05) is 26.2 Å². The first-order valence-corrected chi connectivity index (χ1v) is 12.9. The van der Waals surface area contributed by atoms with Gasteiger partial charge in [-0.2, -0.15) is 4.31 Å². The molecule has 2 aliphatic heterocycles. The number of nitrogens with zero attached hydrogens (tertiary/aromatic N) is 2. The Morgan fingerprint density at radius 3 is 2.47 bits per heavy atom. The molecule has 2 aliphatic rings. The minimum atomic E-state index is -3.43. The van der Waals surface area contributed by atoms with E-state index in [1.54, 1.807) is 17.5 Å². The van der Waals surface area contributed by atoms with E-state index in [1.807, 2.05) is 24.0 Å². The minimum absolute atomic E-state index is 0.0982. The van der Waals surface area contributed by atoms with Crippen LogP contribution in [0.3, 0.4) is 0 Å². The van der Waals surface area contributed by atoms with Crippen molar-refractivity contribution in [3.63, 3.8) is 0 Å². The lowest BCUT2D eigenvalue weighted by molar-refractivity contribution is -0.137. The molecule has 4 rings (SSSR count). The van der Waals surface area contributed by atoms with E-state index in [-0.39, 0.29) is 17.9 Å². The number of hydrogen-bond acceptors (Lipinski definition) is 5. The molecule has 3 heterocycles. The minimum Gasteiger partial charge on any atom is -0.494 e. The number of hydrogen-bond donors (Lipinski definition) is 0. The Morgan fingerprint density at radius 1 is 1.10 bits per heavy atom. The fourth-order valence-corrected chi connectivity index (χ4v) is 7.06. The molecular formula is C22H28N2O4S2. The van der Waals surface area contributed by atoms with E-state index in [4.69, 9.17) is 4.74 Å². The van der Waals surface area contributed by atoms with Crippen molar-refractivity contribution in [3.05, 3.63) is 47.3 Å². The monoisotopic (exact) mass is 448 g/mol. The van der Waals surface area contributed by atoms with Crippen LogP contribution >= 0.6 is 11.3 Å². The maximum atomic E-state index is 13.3. The van der Waals surface area contributed by atoms with Crippen LogP contribution in [0, 0.1) is 5.92 Å². The zero-order valence-corrected chi connectivity index (χ0v) is 18.8. The zero-order chi connectivity index (χ0) is 21.1. The van der Waals surface area contributed by atoms with Crippen LogP contribution < -0.4 is 4.74 Å². The second-order valence-corrected chi connectivity index (χ2v) is 10.9. The molecule has 8 heteroatoms. The smallest absolute Gasteiger partial charge is 0.252 e. The summed E-state index contributed by atoms with van der Waals surface area (Å²) in [6.45, 7) is 4.16. The summed E-state index contributed by atoms with van der Waals surface area (Å²) >= 11 is 1.24. The van der Waals surface area contributed by atoms with Crippen molar-refractivity contribution in [1.29, 1.82) is 0 Å². The van der Waals surface area contributed by atoms with E-state index in [9.17, 15) is 13.2 Å². The average Bonchev–Trinajstić information content (AvgIpc) is 3.47. The van der Waals surface area contributed by atoms with Gasteiger partial charge in [-0.3, -0.25) is 4.79 Å². The van der Waals surface area contributed by atoms with Gasteiger partial charge in [0.1, 0.15) is 9.96 Å². The molecule has 30 heavy (non-hydrogen) atoms. The topological polar surface area (TPSA) is 66.9 Å². The third-order valence-corrected chi connectivity index (χ3v) is 9.28. The molecule has 0 N–H and O–H groups in total. The number of likely N-dealkylation sites (tertiary alicyclic amines) is 1. The molecule has 0 saturated carbocycles. The molecule has 1 amide bonds. The van der Waals surface area contributed by atoms with Crippen molar-refractivity contribution in [2.24, 2.45) is 5.92 Å². The lowest BCUT2D eigenvalue weighted by Crippen LogP contribution is -2.44. The first-order chi connectivity index (χ1) is 14.5. The van der Waals surface area contributed by atoms with Crippen LogP contribution in [-0.2, 0) is 14.8 Å². The van der Waals surface area contributed by atoms with Crippen molar-refractivity contribution in [3.8, 4) is 5.75 Å². The molecule has 162 valence electrons. The van der Waals surface area contributed by atoms with Crippen molar-refractivity contribution >= 4 is 27.3 Å². The Hall–Kier alpha value is -1.90. The average molecular weight is 449 g/mol. The van der Waals surface area contributed by atoms with Gasteiger partial charge in [-0.25, -0.2) is 8.42 Å². The molecule has 0 bridgehead atoms. The van der Waals surface area contributed by atoms with Gasteiger partial charge in [-0.1, -0.05) is 18.2 Å². The summed E-state index contributed by atoms with van der Waals surface area (Å²) in [5.41, 5.74) is 1.14. The number of ether oxygens (including phenoxy) is 1. The van der Waals surface area contributed by atoms with Gasteiger partial charge in [-0.15, -0.1) is 11.3 Å². The molecule has 2 saturated heterocycles. The summed E-state index contributed by atoms with van der Waals surface area (Å²) in [5, 5.41) is 1.78. The van der Waals surface area contributed by atoms with Gasteiger partial charge in [0.15, 0.2) is 0 Å². The van der Waals surface area contributed by atoms with Crippen molar-refractivity contribution < 1.29 is 17.9 Å². The predicted molar refractivity (Wildman–Crippen MR) is 117 cm³/mol. The largest absolute Gasteiger partial charge is 0.494 e. The third-order valence-electron chi connectivity index (χ3n) is 6.00. The lowest BCUT2D eigenvalue weighted by atomic mass is 9.95. The number of rotatable bonds is 6. The highest BCUT2D eigenvalue weighted by molar-refractivity contribution is 7.91. The van der Waals surface area contributed by atoms with Crippen LogP contribution in [-0.4, -0.2) is 49.8 Å². The normalized spacial score (nSPS) is 21.1. The van der Waals surface area contributed by atoms with Gasteiger partial charge in [0.2, 0.25) is 5.91 Å². The fourth-order valence-electron chi connectivity index (χ4n) is 4.45. The van der Waals surface area contributed by atoms with Gasteiger partial charge >= 0.3 is 0 Å². The van der Waals surface area contributed by atoms with Crippen LogP contribution in [0.2, 0.25) is 0 Å². The van der Waals surface area contributed by atoms with Crippen LogP contribution in [0.5, 0.6) is 5.75 Å². The maximum absolute atomic E-state index is 13.3. The number of carbonyl (C=O) groups is 1. The van der Waals surface area contributed by atoms with Gasteiger partial charge in [0.25, 0.3) is 10.0 Å². The van der Waals surface area contributed by atoms with E-state index in [0.717, 1.165) is 30.7 Å². The van der Waals surface area contributed by atoms with Crippen molar-refractivity contribution in [1.82, 2.24) is 9.21 Å². The number of thiophene rings is 1. The molecule has 1 unspecified atom stereocenters. The highest BCUT2D eigenvalue weighted by atomic mass is 32.2. The van der Waals surface area contributed by atoms with E-state index in [2.05, 4.69) is 12.1 Å². The summed E-state index contributed by atoms with van der Waals surface area (Å²) in [7, 11) is -3.43. The summed E-state index contributed by atoms with van der Waals surface area (Å²) < 4.78 is 32.9. The summed E-state index contributed by atoms with van der Waals surface area (Å²) in [5.74, 6) is 0.902. The Labute approximate surface area is 182 Å². The molecule has 1 aromatic heterocycles. The summed E-state index contributed by atoms with van der Waals surface area (Å²) in [6.07, 6.45) is 3.12. The molecule has 0 spiro atoms. The quantitative estimate of drug-likeness (QED) is 0.672. The molecular weight excluding hydrogens is 420 g/mol. The standard InChI is InChI=1S/C22H28N2O4S2/c1-2-28-19-9-7-17(8-10-19)20-5-3-13-24(20)22(25)18-11-14-23(15-12-18)30(26,27)21-6-4-16-29-21/h4,6-10,16,18,20H,2-3,5,11-15H2,1H3. The number of piperidine rings is 1. The maximum Gasteiger partial charge on any atom is 0.252 e. The number of amides is 1. The van der Waals surface area contributed by atoms with E-state index < -0.39 is 10.0 Å². The van der Waals surface area contributed by atoms with Crippen molar-refractivity contribution in [2.45, 2.75) is 42.9 Å². The Morgan fingerprint density at radius 2 is 1.83 bits per heavy atom. The Kier molecular flexibility index (Phi) is 6.46. The van der Waals surface area contributed by atoms with Gasteiger partial charge in [0.05, 0.1) is 12.6 Å². The van der Waals surface area contributed by atoms with E-state index in [1.165, 1.54) is 15.6 Å². The SMILES string of the molecule is CCOc1ccc(C2CCCN2C(=O)C2CCN(S(=O)(=O)c3cccs3)CC2)cc1. The van der Waals surface area contributed by atoms with Gasteiger partial charge < -0.3 is 9.64 Å². The first kappa shape index (κ1) is 21.3. The number of sulfonamides is 1. The lowest BCUT2D eigenvalue weighted by Gasteiger charge is -2.34. The predicted octanol–water partition coefficient (Wildman–Crippen LogP) is 3.91. The highest BCUT2D eigenvalue weighted by Crippen LogP contribution is 2.36. The number of benzene rings is 1. The molecule has 1 aromatic carbocycles. The molecule has 6 nitrogen and oxygen atoms in total. The fraction of sp³-hybridized carbons (Fsp3) is 0.500. The first-order valence-electron chi connectivity index (χ1n) is 10.6. The highest BCUT2D eigenvalue weighted by Gasteiger charge is 2.37. The summed E-state index contributed by atoms with van der Waals surface area (Å²) in [6, 6.07) is 11.5. The second kappa shape index (κ2) is 9.08. The molecule has 0 radical (unpaired) electrons. The van der Waals surface area contributed by atoms with E-state index >= 15 is 0 Å². The van der Waals surface area contributed by atoms with Gasteiger partial charge in [-0.05, 0) is 61.7 Å². The van der Waals surface area contributed by atoms with Gasteiger partial charge in [0, 0.05) is 25.6 Å². The molecule has 2 aromatic rings. The summed E-state index contributed by atoms with van der Waals surface area (Å²) in [4.78, 5) is 15.3. The van der Waals surface area contributed by atoms with E-state index in [0.29, 0.717) is 36.7 Å². The van der Waals surface area contributed by atoms with Crippen LogP contribution in [0.15, 0.2) is 46.0 Å². The Balaban J connectivity index is 1.40. The number of carbonyl (C=O) groups excluding carboxylic acids is 1. The third kappa shape index (κ3) is 4.26. The zero-order valence-electron chi connectivity index (χ0n) is 17.2. The Bertz CT molecular complexity index is 950. The molecule has 1 atom stereocenters. The van der Waals surface area contributed by atoms with Crippen LogP contribution in [0.1, 0.15) is 44.2 Å². The van der Waals surface area contributed by atoms with Crippen LogP contribution in [0.4, 0.5) is 0 Å². The molecule has 2 fully saturated rings.